The summed E-state index contributed by atoms with van der Waals surface area (Å²) in [5.74, 6) is 1.62. The third kappa shape index (κ3) is 3.03. The van der Waals surface area contributed by atoms with Crippen LogP contribution in [0.1, 0.15) is 60.3 Å². The maximum atomic E-state index is 11.9. The maximum Gasteiger partial charge on any atom is 0.233 e. The van der Waals surface area contributed by atoms with Crippen molar-refractivity contribution < 1.29 is 4.79 Å². The van der Waals surface area contributed by atoms with Crippen molar-refractivity contribution in [1.29, 1.82) is 0 Å². The molecule has 0 heterocycles. The SMILES string of the molecule is CC(C)CCNC(=O)CNC1C2(C)CCC(C2)C1(C)C. The van der Waals surface area contributed by atoms with Gasteiger partial charge in [-0.15, -0.1) is 0 Å². The quantitative estimate of drug-likeness (QED) is 0.785. The molecule has 2 saturated carbocycles. The normalized spacial score (nSPS) is 34.7. The average Bonchev–Trinajstić information content (AvgIpc) is 2.79. The number of fused-ring (bicyclic) bond motifs is 2. The first-order valence-electron chi connectivity index (χ1n) is 8.26. The van der Waals surface area contributed by atoms with Crippen molar-refractivity contribution in [3.05, 3.63) is 0 Å². The van der Waals surface area contributed by atoms with E-state index in [0.717, 1.165) is 18.9 Å². The van der Waals surface area contributed by atoms with E-state index in [1.807, 2.05) is 0 Å². The van der Waals surface area contributed by atoms with Crippen LogP contribution in [0, 0.1) is 22.7 Å². The van der Waals surface area contributed by atoms with E-state index >= 15 is 0 Å². The lowest BCUT2D eigenvalue weighted by Crippen LogP contribution is -2.52. The topological polar surface area (TPSA) is 41.1 Å². The van der Waals surface area contributed by atoms with Crippen LogP contribution in [0.5, 0.6) is 0 Å². The molecule has 2 N–H and O–H groups in total. The zero-order valence-electron chi connectivity index (χ0n) is 13.9. The lowest BCUT2D eigenvalue weighted by molar-refractivity contribution is -0.120. The summed E-state index contributed by atoms with van der Waals surface area (Å²) in [6, 6.07) is 0.476. The Balaban J connectivity index is 1.80. The van der Waals surface area contributed by atoms with Gasteiger partial charge in [-0.2, -0.15) is 0 Å². The molecule has 0 aromatic rings. The monoisotopic (exact) mass is 280 g/mol. The molecule has 20 heavy (non-hydrogen) atoms. The molecular weight excluding hydrogens is 248 g/mol. The molecule has 2 rings (SSSR count). The van der Waals surface area contributed by atoms with E-state index in [2.05, 4.69) is 45.3 Å². The highest BCUT2D eigenvalue weighted by molar-refractivity contribution is 5.78. The summed E-state index contributed by atoms with van der Waals surface area (Å²) in [6.07, 6.45) is 5.06. The van der Waals surface area contributed by atoms with Crippen LogP contribution in [0.4, 0.5) is 0 Å². The minimum absolute atomic E-state index is 0.146. The molecule has 0 spiro atoms. The Labute approximate surface area is 124 Å². The summed E-state index contributed by atoms with van der Waals surface area (Å²) in [7, 11) is 0. The molecular formula is C17H32N2O. The van der Waals surface area contributed by atoms with Gasteiger partial charge in [0.2, 0.25) is 5.91 Å². The van der Waals surface area contributed by atoms with E-state index in [1.54, 1.807) is 0 Å². The molecule has 0 saturated heterocycles. The molecule has 3 unspecified atom stereocenters. The Kier molecular flexibility index (Phi) is 4.48. The predicted molar refractivity (Wildman–Crippen MR) is 83.5 cm³/mol. The van der Waals surface area contributed by atoms with Crippen LogP contribution in [0.3, 0.4) is 0 Å². The van der Waals surface area contributed by atoms with E-state index in [9.17, 15) is 4.79 Å². The molecule has 0 aromatic heterocycles. The highest BCUT2D eigenvalue weighted by atomic mass is 16.1. The highest BCUT2D eigenvalue weighted by Crippen LogP contribution is 2.62. The molecule has 2 fully saturated rings. The number of carbonyl (C=O) groups is 1. The van der Waals surface area contributed by atoms with Crippen LogP contribution < -0.4 is 10.6 Å². The molecule has 3 nitrogen and oxygen atoms in total. The lowest BCUT2D eigenvalue weighted by atomic mass is 9.68. The summed E-state index contributed by atoms with van der Waals surface area (Å²) in [4.78, 5) is 11.9. The van der Waals surface area contributed by atoms with Gasteiger partial charge >= 0.3 is 0 Å². The van der Waals surface area contributed by atoms with Crippen LogP contribution in [0.25, 0.3) is 0 Å². The Hall–Kier alpha value is -0.570. The first-order valence-corrected chi connectivity index (χ1v) is 8.26. The minimum atomic E-state index is 0.146. The fourth-order valence-electron chi connectivity index (χ4n) is 4.57. The molecule has 116 valence electrons. The molecule has 2 aliphatic carbocycles. The summed E-state index contributed by atoms with van der Waals surface area (Å²) >= 11 is 0. The first-order chi connectivity index (χ1) is 9.25. The summed E-state index contributed by atoms with van der Waals surface area (Å²) < 4.78 is 0. The van der Waals surface area contributed by atoms with Crippen molar-refractivity contribution in [1.82, 2.24) is 10.6 Å². The fraction of sp³-hybridized carbons (Fsp3) is 0.941. The minimum Gasteiger partial charge on any atom is -0.355 e. The predicted octanol–water partition coefficient (Wildman–Crippen LogP) is 2.95. The van der Waals surface area contributed by atoms with Crippen molar-refractivity contribution in [2.45, 2.75) is 66.3 Å². The van der Waals surface area contributed by atoms with Gasteiger partial charge in [0.1, 0.15) is 0 Å². The average molecular weight is 280 g/mol. The largest absolute Gasteiger partial charge is 0.355 e. The van der Waals surface area contributed by atoms with Crippen molar-refractivity contribution >= 4 is 5.91 Å². The van der Waals surface area contributed by atoms with Gasteiger partial charge in [0.15, 0.2) is 0 Å². The third-order valence-electron chi connectivity index (χ3n) is 5.78. The van der Waals surface area contributed by atoms with Gasteiger partial charge in [-0.1, -0.05) is 34.6 Å². The van der Waals surface area contributed by atoms with Crippen molar-refractivity contribution in [3.63, 3.8) is 0 Å². The summed E-state index contributed by atoms with van der Waals surface area (Å²) in [6.45, 7) is 12.8. The third-order valence-corrected chi connectivity index (χ3v) is 5.78. The van der Waals surface area contributed by atoms with E-state index in [0.29, 0.717) is 29.3 Å². The lowest BCUT2D eigenvalue weighted by Gasteiger charge is -2.43. The number of amides is 1. The number of hydrogen-bond acceptors (Lipinski definition) is 2. The van der Waals surface area contributed by atoms with Gasteiger partial charge in [-0.05, 0) is 48.3 Å². The number of carbonyl (C=O) groups excluding carboxylic acids is 1. The van der Waals surface area contributed by atoms with Crippen LogP contribution in [0.15, 0.2) is 0 Å². The van der Waals surface area contributed by atoms with Crippen molar-refractivity contribution in [2.24, 2.45) is 22.7 Å². The molecule has 2 aliphatic rings. The van der Waals surface area contributed by atoms with E-state index < -0.39 is 0 Å². The number of hydrogen-bond donors (Lipinski definition) is 2. The highest BCUT2D eigenvalue weighted by Gasteiger charge is 2.58. The molecule has 3 atom stereocenters. The standard InChI is InChI=1S/C17H32N2O/c1-12(2)7-9-18-14(20)11-19-15-16(3,4)13-6-8-17(15,5)10-13/h12-13,15,19H,6-11H2,1-5H3,(H,18,20). The molecule has 2 bridgehead atoms. The van der Waals surface area contributed by atoms with Crippen molar-refractivity contribution in [2.75, 3.05) is 13.1 Å². The van der Waals surface area contributed by atoms with Gasteiger partial charge in [-0.3, -0.25) is 4.79 Å². The van der Waals surface area contributed by atoms with E-state index in [1.165, 1.54) is 19.3 Å². The molecule has 0 radical (unpaired) electrons. The van der Waals surface area contributed by atoms with Gasteiger partial charge in [0.25, 0.3) is 0 Å². The van der Waals surface area contributed by atoms with Gasteiger partial charge in [-0.25, -0.2) is 0 Å². The van der Waals surface area contributed by atoms with Gasteiger partial charge < -0.3 is 10.6 Å². The van der Waals surface area contributed by atoms with Gasteiger partial charge in [0.05, 0.1) is 6.54 Å². The molecule has 3 heteroatoms. The smallest absolute Gasteiger partial charge is 0.233 e. The zero-order chi connectivity index (χ0) is 15.0. The van der Waals surface area contributed by atoms with Crippen molar-refractivity contribution in [3.8, 4) is 0 Å². The Morgan fingerprint density at radius 3 is 2.55 bits per heavy atom. The zero-order valence-corrected chi connectivity index (χ0v) is 13.9. The summed E-state index contributed by atoms with van der Waals surface area (Å²) in [5.41, 5.74) is 0.720. The number of nitrogens with one attached hydrogen (secondary N) is 2. The van der Waals surface area contributed by atoms with Crippen LogP contribution >= 0.6 is 0 Å². The molecule has 0 aliphatic heterocycles. The van der Waals surface area contributed by atoms with E-state index in [-0.39, 0.29) is 5.91 Å². The Bertz CT molecular complexity index is 359. The maximum absolute atomic E-state index is 11.9. The first kappa shape index (κ1) is 15.8. The summed E-state index contributed by atoms with van der Waals surface area (Å²) in [5, 5.41) is 6.59. The van der Waals surface area contributed by atoms with Crippen LogP contribution in [0.2, 0.25) is 0 Å². The van der Waals surface area contributed by atoms with Crippen LogP contribution in [-0.2, 0) is 4.79 Å². The Morgan fingerprint density at radius 2 is 2.00 bits per heavy atom. The number of rotatable bonds is 6. The van der Waals surface area contributed by atoms with Gasteiger partial charge in [0, 0.05) is 12.6 Å². The second kappa shape index (κ2) is 5.67. The van der Waals surface area contributed by atoms with Crippen LogP contribution in [-0.4, -0.2) is 25.0 Å². The fourth-order valence-corrected chi connectivity index (χ4v) is 4.57. The second-order valence-electron chi connectivity index (χ2n) is 8.26. The molecule has 1 amide bonds. The molecule has 0 aromatic carbocycles. The van der Waals surface area contributed by atoms with E-state index in [4.69, 9.17) is 0 Å². The Morgan fingerprint density at radius 1 is 1.30 bits per heavy atom. The second-order valence-corrected chi connectivity index (χ2v) is 8.26.